The van der Waals surface area contributed by atoms with Crippen LogP contribution in [-0.2, 0) is 0 Å². The van der Waals surface area contributed by atoms with Crippen molar-refractivity contribution in [1.82, 2.24) is 9.97 Å². The van der Waals surface area contributed by atoms with Gasteiger partial charge in [-0.2, -0.15) is 0 Å². The molecule has 2 aromatic heterocycles. The van der Waals surface area contributed by atoms with Crippen LogP contribution in [0.4, 0.5) is 5.69 Å². The SMILES string of the molecule is Nc1ccc2oc(-c3ccnc4ccccc34)nc2c1. The molecule has 4 heteroatoms. The Morgan fingerprint density at radius 3 is 2.80 bits per heavy atom. The van der Waals surface area contributed by atoms with Gasteiger partial charge in [-0.3, -0.25) is 4.98 Å². The fourth-order valence-electron chi connectivity index (χ4n) is 2.34. The molecule has 0 saturated carbocycles. The van der Waals surface area contributed by atoms with Crippen LogP contribution in [0, 0.1) is 0 Å². The van der Waals surface area contributed by atoms with Crippen LogP contribution in [-0.4, -0.2) is 9.97 Å². The van der Waals surface area contributed by atoms with Gasteiger partial charge in [0.25, 0.3) is 0 Å². The van der Waals surface area contributed by atoms with Crippen LogP contribution in [0.3, 0.4) is 0 Å². The summed E-state index contributed by atoms with van der Waals surface area (Å²) >= 11 is 0. The Hall–Kier alpha value is -2.88. The average Bonchev–Trinajstić information content (AvgIpc) is 2.89. The first-order valence-corrected chi connectivity index (χ1v) is 6.31. The van der Waals surface area contributed by atoms with Gasteiger partial charge in [0.1, 0.15) is 5.52 Å². The predicted octanol–water partition coefficient (Wildman–Crippen LogP) is 3.63. The Labute approximate surface area is 114 Å². The molecule has 2 aromatic carbocycles. The Bertz CT molecular complexity index is 922. The number of oxazole rings is 1. The van der Waals surface area contributed by atoms with E-state index in [1.165, 1.54) is 0 Å². The second-order valence-electron chi connectivity index (χ2n) is 4.62. The number of fused-ring (bicyclic) bond motifs is 2. The highest BCUT2D eigenvalue weighted by atomic mass is 16.3. The van der Waals surface area contributed by atoms with Gasteiger partial charge in [-0.15, -0.1) is 0 Å². The Kier molecular flexibility index (Phi) is 2.23. The van der Waals surface area contributed by atoms with Gasteiger partial charge in [0.05, 0.1) is 5.52 Å². The smallest absolute Gasteiger partial charge is 0.228 e. The van der Waals surface area contributed by atoms with Crippen LogP contribution in [0.2, 0.25) is 0 Å². The molecule has 0 unspecified atom stereocenters. The van der Waals surface area contributed by atoms with E-state index in [-0.39, 0.29) is 0 Å². The first-order valence-electron chi connectivity index (χ1n) is 6.31. The highest BCUT2D eigenvalue weighted by Crippen LogP contribution is 2.29. The van der Waals surface area contributed by atoms with E-state index < -0.39 is 0 Å². The molecule has 0 atom stereocenters. The number of para-hydroxylation sites is 1. The fourth-order valence-corrected chi connectivity index (χ4v) is 2.34. The molecule has 4 nitrogen and oxygen atoms in total. The number of pyridine rings is 1. The summed E-state index contributed by atoms with van der Waals surface area (Å²) in [5.74, 6) is 0.587. The minimum Gasteiger partial charge on any atom is -0.436 e. The number of rotatable bonds is 1. The average molecular weight is 261 g/mol. The second-order valence-corrected chi connectivity index (χ2v) is 4.62. The van der Waals surface area contributed by atoms with E-state index in [2.05, 4.69) is 9.97 Å². The fraction of sp³-hybridized carbons (Fsp3) is 0. The lowest BCUT2D eigenvalue weighted by molar-refractivity contribution is 0.620. The molecule has 0 fully saturated rings. The molecule has 0 spiro atoms. The number of nitrogens with zero attached hydrogens (tertiary/aromatic N) is 2. The summed E-state index contributed by atoms with van der Waals surface area (Å²) in [6.45, 7) is 0. The molecule has 0 amide bonds. The summed E-state index contributed by atoms with van der Waals surface area (Å²) in [5.41, 5.74) is 9.80. The zero-order chi connectivity index (χ0) is 13.5. The van der Waals surface area contributed by atoms with Crippen LogP contribution < -0.4 is 5.73 Å². The van der Waals surface area contributed by atoms with Crippen LogP contribution in [0.1, 0.15) is 0 Å². The molecule has 4 aromatic rings. The number of nitrogens with two attached hydrogens (primary N) is 1. The lowest BCUT2D eigenvalue weighted by Gasteiger charge is -2.01. The summed E-state index contributed by atoms with van der Waals surface area (Å²) in [7, 11) is 0. The van der Waals surface area contributed by atoms with E-state index >= 15 is 0 Å². The van der Waals surface area contributed by atoms with Crippen molar-refractivity contribution >= 4 is 27.7 Å². The van der Waals surface area contributed by atoms with E-state index in [0.29, 0.717) is 11.6 Å². The molecule has 0 aliphatic carbocycles. The highest BCUT2D eigenvalue weighted by molar-refractivity contribution is 5.93. The van der Waals surface area contributed by atoms with E-state index in [0.717, 1.165) is 27.6 Å². The zero-order valence-electron chi connectivity index (χ0n) is 10.6. The van der Waals surface area contributed by atoms with Crippen molar-refractivity contribution in [2.75, 3.05) is 5.73 Å². The lowest BCUT2D eigenvalue weighted by atomic mass is 10.1. The van der Waals surface area contributed by atoms with Crippen molar-refractivity contribution in [3.63, 3.8) is 0 Å². The first kappa shape index (κ1) is 11.0. The van der Waals surface area contributed by atoms with Gasteiger partial charge >= 0.3 is 0 Å². The minimum absolute atomic E-state index is 0.587. The number of hydrogen-bond acceptors (Lipinski definition) is 4. The number of anilines is 1. The largest absolute Gasteiger partial charge is 0.436 e. The maximum absolute atomic E-state index is 5.82. The number of benzene rings is 2. The zero-order valence-corrected chi connectivity index (χ0v) is 10.6. The van der Waals surface area contributed by atoms with Crippen molar-refractivity contribution in [2.24, 2.45) is 0 Å². The molecule has 0 aliphatic heterocycles. The third-order valence-corrected chi connectivity index (χ3v) is 3.29. The molecule has 2 N–H and O–H groups in total. The van der Waals surface area contributed by atoms with Crippen molar-refractivity contribution in [2.45, 2.75) is 0 Å². The normalized spacial score (nSPS) is 11.2. The lowest BCUT2D eigenvalue weighted by Crippen LogP contribution is -1.84. The quantitative estimate of drug-likeness (QED) is 0.531. The summed E-state index contributed by atoms with van der Waals surface area (Å²) in [4.78, 5) is 8.87. The van der Waals surface area contributed by atoms with Crippen molar-refractivity contribution in [3.8, 4) is 11.5 Å². The van der Waals surface area contributed by atoms with E-state index in [4.69, 9.17) is 10.2 Å². The molecule has 0 bridgehead atoms. The second kappa shape index (κ2) is 4.06. The molecule has 4 rings (SSSR count). The highest BCUT2D eigenvalue weighted by Gasteiger charge is 2.11. The first-order chi connectivity index (χ1) is 9.81. The Morgan fingerprint density at radius 1 is 0.950 bits per heavy atom. The van der Waals surface area contributed by atoms with E-state index in [1.54, 1.807) is 6.20 Å². The molecule has 20 heavy (non-hydrogen) atoms. The maximum atomic E-state index is 5.82. The van der Waals surface area contributed by atoms with Gasteiger partial charge in [-0.05, 0) is 30.3 Å². The standard InChI is InChI=1S/C16H11N3O/c17-10-5-6-15-14(9-10)19-16(20-15)12-7-8-18-13-4-2-1-3-11(12)13/h1-9H,17H2. The van der Waals surface area contributed by atoms with E-state index in [1.807, 2.05) is 48.5 Å². The molecule has 0 aliphatic rings. The third kappa shape index (κ3) is 1.62. The van der Waals surface area contributed by atoms with Gasteiger partial charge in [-0.1, -0.05) is 18.2 Å². The molecule has 0 radical (unpaired) electrons. The monoisotopic (exact) mass is 261 g/mol. The molecular weight excluding hydrogens is 250 g/mol. The van der Waals surface area contributed by atoms with E-state index in [9.17, 15) is 0 Å². The van der Waals surface area contributed by atoms with Crippen LogP contribution in [0.5, 0.6) is 0 Å². The van der Waals surface area contributed by atoms with Crippen LogP contribution >= 0.6 is 0 Å². The molecule has 96 valence electrons. The Balaban J connectivity index is 2.01. The topological polar surface area (TPSA) is 64.9 Å². The number of aromatic nitrogens is 2. The van der Waals surface area contributed by atoms with Crippen LogP contribution in [0.25, 0.3) is 33.5 Å². The summed E-state index contributed by atoms with van der Waals surface area (Å²) in [6, 6.07) is 15.3. The minimum atomic E-state index is 0.587. The number of nitrogen functional groups attached to an aromatic ring is 1. The van der Waals surface area contributed by atoms with Crippen LogP contribution in [0.15, 0.2) is 59.1 Å². The van der Waals surface area contributed by atoms with Crippen molar-refractivity contribution in [3.05, 3.63) is 54.7 Å². The summed E-state index contributed by atoms with van der Waals surface area (Å²) in [6.07, 6.45) is 1.76. The molecule has 0 saturated heterocycles. The summed E-state index contributed by atoms with van der Waals surface area (Å²) in [5, 5.41) is 1.02. The van der Waals surface area contributed by atoms with Crippen molar-refractivity contribution < 1.29 is 4.42 Å². The van der Waals surface area contributed by atoms with Gasteiger partial charge < -0.3 is 10.2 Å². The number of hydrogen-bond donors (Lipinski definition) is 1. The van der Waals surface area contributed by atoms with Gasteiger partial charge in [0, 0.05) is 22.8 Å². The van der Waals surface area contributed by atoms with Gasteiger partial charge in [-0.25, -0.2) is 4.98 Å². The molecular formula is C16H11N3O. The predicted molar refractivity (Wildman–Crippen MR) is 79.2 cm³/mol. The maximum Gasteiger partial charge on any atom is 0.228 e. The Morgan fingerprint density at radius 2 is 1.85 bits per heavy atom. The van der Waals surface area contributed by atoms with Crippen molar-refractivity contribution in [1.29, 1.82) is 0 Å². The summed E-state index contributed by atoms with van der Waals surface area (Å²) < 4.78 is 5.82. The van der Waals surface area contributed by atoms with Gasteiger partial charge in [0.15, 0.2) is 5.58 Å². The van der Waals surface area contributed by atoms with Gasteiger partial charge in [0.2, 0.25) is 5.89 Å². The third-order valence-electron chi connectivity index (χ3n) is 3.29. The molecule has 2 heterocycles.